The van der Waals surface area contributed by atoms with Crippen molar-refractivity contribution in [1.82, 2.24) is 10.2 Å². The van der Waals surface area contributed by atoms with E-state index in [1.165, 1.54) is 17.0 Å². The van der Waals surface area contributed by atoms with Gasteiger partial charge in [0.05, 0.1) is 17.7 Å². The average Bonchev–Trinajstić information content (AvgIpc) is 3.10. The lowest BCUT2D eigenvalue weighted by atomic mass is 9.94. The van der Waals surface area contributed by atoms with E-state index in [-0.39, 0.29) is 29.8 Å². The molecule has 0 radical (unpaired) electrons. The van der Waals surface area contributed by atoms with Crippen LogP contribution in [0.25, 0.3) is 0 Å². The molecule has 246 valence electrons. The first kappa shape index (κ1) is 33.7. The van der Waals surface area contributed by atoms with Crippen LogP contribution in [-0.4, -0.2) is 50.9 Å². The van der Waals surface area contributed by atoms with Crippen LogP contribution in [0.5, 0.6) is 5.75 Å². The van der Waals surface area contributed by atoms with Gasteiger partial charge in [0.25, 0.3) is 10.0 Å². The third-order valence-electron chi connectivity index (χ3n) is 8.61. The quantitative estimate of drug-likeness (QED) is 0.183. The Bertz CT molecular complexity index is 1740. The zero-order chi connectivity index (χ0) is 33.2. The summed E-state index contributed by atoms with van der Waals surface area (Å²) >= 11 is 0. The van der Waals surface area contributed by atoms with Crippen molar-refractivity contribution in [2.24, 2.45) is 0 Å². The van der Waals surface area contributed by atoms with Crippen molar-refractivity contribution in [1.29, 1.82) is 0 Å². The SMILES string of the molecule is COc1cccc(CN(C(=O)CN(c2cccc(C)c2)S(=O)(=O)c2ccccc2)C(Cc2ccccc2)C(=O)NC2CCCCC2)c1. The van der Waals surface area contributed by atoms with Crippen LogP contribution in [0.4, 0.5) is 5.69 Å². The Morgan fingerprint density at radius 1 is 0.830 bits per heavy atom. The van der Waals surface area contributed by atoms with E-state index in [1.54, 1.807) is 43.5 Å². The number of carbonyl (C=O) groups is 2. The molecule has 2 amide bonds. The number of methoxy groups -OCH3 is 1. The Morgan fingerprint density at radius 3 is 2.17 bits per heavy atom. The number of hydrogen-bond donors (Lipinski definition) is 1. The highest BCUT2D eigenvalue weighted by Crippen LogP contribution is 2.26. The number of amides is 2. The maximum Gasteiger partial charge on any atom is 0.264 e. The summed E-state index contributed by atoms with van der Waals surface area (Å²) in [6.07, 6.45) is 5.29. The summed E-state index contributed by atoms with van der Waals surface area (Å²) in [5, 5.41) is 3.24. The fourth-order valence-corrected chi connectivity index (χ4v) is 7.52. The molecule has 1 N–H and O–H groups in total. The van der Waals surface area contributed by atoms with Crippen molar-refractivity contribution in [3.05, 3.63) is 126 Å². The normalized spacial score (nSPS) is 14.2. The first-order valence-electron chi connectivity index (χ1n) is 16.2. The van der Waals surface area contributed by atoms with Crippen molar-refractivity contribution in [3.8, 4) is 5.75 Å². The second-order valence-corrected chi connectivity index (χ2v) is 13.9. The maximum atomic E-state index is 14.7. The fourth-order valence-electron chi connectivity index (χ4n) is 6.10. The molecule has 1 unspecified atom stereocenters. The number of anilines is 1. The van der Waals surface area contributed by atoms with Crippen molar-refractivity contribution in [3.63, 3.8) is 0 Å². The third kappa shape index (κ3) is 8.80. The van der Waals surface area contributed by atoms with Crippen molar-refractivity contribution >= 4 is 27.5 Å². The van der Waals surface area contributed by atoms with Gasteiger partial charge in [-0.1, -0.05) is 92.1 Å². The van der Waals surface area contributed by atoms with Crippen LogP contribution in [0.2, 0.25) is 0 Å². The van der Waals surface area contributed by atoms with Crippen LogP contribution in [0.15, 0.2) is 114 Å². The van der Waals surface area contributed by atoms with E-state index in [1.807, 2.05) is 67.6 Å². The second kappa shape index (κ2) is 15.8. The minimum Gasteiger partial charge on any atom is -0.497 e. The van der Waals surface area contributed by atoms with Crippen molar-refractivity contribution < 1.29 is 22.7 Å². The van der Waals surface area contributed by atoms with Crippen LogP contribution in [0, 0.1) is 6.92 Å². The van der Waals surface area contributed by atoms with E-state index in [0.29, 0.717) is 11.4 Å². The number of aryl methyl sites for hydroxylation is 1. The van der Waals surface area contributed by atoms with Gasteiger partial charge in [-0.15, -0.1) is 0 Å². The number of benzene rings is 4. The maximum absolute atomic E-state index is 14.7. The first-order valence-corrected chi connectivity index (χ1v) is 17.6. The molecule has 1 aliphatic rings. The Hall–Kier alpha value is -4.63. The zero-order valence-electron chi connectivity index (χ0n) is 27.0. The number of sulfonamides is 1. The Morgan fingerprint density at radius 2 is 1.49 bits per heavy atom. The number of nitrogens with one attached hydrogen (secondary N) is 1. The van der Waals surface area contributed by atoms with Crippen molar-refractivity contribution in [2.45, 2.75) is 69.0 Å². The van der Waals surface area contributed by atoms with E-state index in [0.717, 1.165) is 53.1 Å². The molecule has 0 bridgehead atoms. The third-order valence-corrected chi connectivity index (χ3v) is 10.4. The molecule has 1 fully saturated rings. The molecule has 0 saturated heterocycles. The Labute approximate surface area is 278 Å². The minimum absolute atomic E-state index is 0.0329. The van der Waals surface area contributed by atoms with E-state index in [4.69, 9.17) is 4.74 Å². The topological polar surface area (TPSA) is 96.0 Å². The number of hydrogen-bond acceptors (Lipinski definition) is 5. The highest BCUT2D eigenvalue weighted by atomic mass is 32.2. The molecule has 8 nitrogen and oxygen atoms in total. The molecule has 5 rings (SSSR count). The fraction of sp³-hybridized carbons (Fsp3) is 0.316. The minimum atomic E-state index is -4.15. The zero-order valence-corrected chi connectivity index (χ0v) is 27.9. The van der Waals surface area contributed by atoms with Gasteiger partial charge in [-0.2, -0.15) is 0 Å². The summed E-state index contributed by atoms with van der Waals surface area (Å²) in [5.74, 6) is -0.118. The molecule has 47 heavy (non-hydrogen) atoms. The van der Waals surface area contributed by atoms with E-state index >= 15 is 0 Å². The Kier molecular flexibility index (Phi) is 11.3. The van der Waals surface area contributed by atoms with Gasteiger partial charge < -0.3 is 15.0 Å². The monoisotopic (exact) mass is 653 g/mol. The molecule has 0 aliphatic heterocycles. The molecular weight excluding hydrogens is 611 g/mol. The first-order chi connectivity index (χ1) is 22.7. The number of rotatable bonds is 13. The van der Waals surface area contributed by atoms with Gasteiger partial charge in [-0.25, -0.2) is 8.42 Å². The van der Waals surface area contributed by atoms with Crippen LogP contribution in [0.1, 0.15) is 48.8 Å². The van der Waals surface area contributed by atoms with E-state index in [2.05, 4.69) is 5.32 Å². The lowest BCUT2D eigenvalue weighted by Crippen LogP contribution is -2.55. The highest BCUT2D eigenvalue weighted by molar-refractivity contribution is 7.92. The molecular formula is C38H43N3O5S. The van der Waals surface area contributed by atoms with Gasteiger partial charge in [-0.3, -0.25) is 13.9 Å². The van der Waals surface area contributed by atoms with Crippen LogP contribution < -0.4 is 14.4 Å². The number of carbonyl (C=O) groups excluding carboxylic acids is 2. The van der Waals surface area contributed by atoms with Crippen LogP contribution in [0.3, 0.4) is 0 Å². The van der Waals surface area contributed by atoms with Crippen molar-refractivity contribution in [2.75, 3.05) is 18.0 Å². The molecule has 4 aromatic rings. The lowest BCUT2D eigenvalue weighted by Gasteiger charge is -2.35. The Balaban J connectivity index is 1.57. The molecule has 1 aliphatic carbocycles. The van der Waals surface area contributed by atoms with Crippen LogP contribution in [-0.2, 0) is 32.6 Å². The standard InChI is InChI=1S/C38H43N3O5S/c1-29-14-12-20-33(24-29)41(47(44,45)35-22-10-5-11-23-35)28-37(42)40(27-31-17-13-21-34(25-31)46-2)36(26-30-15-6-3-7-16-30)38(43)39-32-18-8-4-9-19-32/h3,5-7,10-17,20-25,32,36H,4,8-9,18-19,26-28H2,1-2H3,(H,39,43). The van der Waals surface area contributed by atoms with Gasteiger partial charge in [-0.05, 0) is 72.9 Å². The van der Waals surface area contributed by atoms with Gasteiger partial charge in [0.2, 0.25) is 11.8 Å². The molecule has 0 spiro atoms. The van der Waals surface area contributed by atoms with Gasteiger partial charge in [0, 0.05) is 19.0 Å². The highest BCUT2D eigenvalue weighted by Gasteiger charge is 2.35. The summed E-state index contributed by atoms with van der Waals surface area (Å²) in [5.41, 5.74) is 2.88. The molecule has 9 heteroatoms. The molecule has 0 aromatic heterocycles. The van der Waals surface area contributed by atoms with Gasteiger partial charge in [0.15, 0.2) is 0 Å². The number of nitrogens with zero attached hydrogens (tertiary/aromatic N) is 2. The van der Waals surface area contributed by atoms with E-state index < -0.39 is 28.5 Å². The summed E-state index contributed by atoms with van der Waals surface area (Å²) < 4.78 is 34.9. The predicted octanol–water partition coefficient (Wildman–Crippen LogP) is 6.29. The molecule has 0 heterocycles. The summed E-state index contributed by atoms with van der Waals surface area (Å²) in [6.45, 7) is 1.46. The second-order valence-electron chi connectivity index (χ2n) is 12.1. The summed E-state index contributed by atoms with van der Waals surface area (Å²) in [4.78, 5) is 30.5. The summed E-state index contributed by atoms with van der Waals surface area (Å²) in [7, 11) is -2.57. The van der Waals surface area contributed by atoms with Crippen LogP contribution >= 0.6 is 0 Å². The molecule has 1 atom stereocenters. The van der Waals surface area contributed by atoms with Gasteiger partial charge in [0.1, 0.15) is 18.3 Å². The largest absolute Gasteiger partial charge is 0.497 e. The number of ether oxygens (including phenoxy) is 1. The smallest absolute Gasteiger partial charge is 0.264 e. The summed E-state index contributed by atoms with van der Waals surface area (Å²) in [6, 6.07) is 31.3. The molecule has 4 aromatic carbocycles. The molecule has 1 saturated carbocycles. The van der Waals surface area contributed by atoms with E-state index in [9.17, 15) is 18.0 Å². The lowest BCUT2D eigenvalue weighted by molar-refractivity contribution is -0.140. The predicted molar refractivity (Wildman–Crippen MR) is 185 cm³/mol. The average molecular weight is 654 g/mol. The van der Waals surface area contributed by atoms with Gasteiger partial charge >= 0.3 is 0 Å².